The van der Waals surface area contributed by atoms with Crippen LogP contribution in [0.4, 0.5) is 0 Å². The molecule has 0 fully saturated rings. The van der Waals surface area contributed by atoms with Crippen molar-refractivity contribution in [2.24, 2.45) is 0 Å². The summed E-state index contributed by atoms with van der Waals surface area (Å²) in [5, 5.41) is 3.16. The highest BCUT2D eigenvalue weighted by atomic mass is 16.5. The van der Waals surface area contributed by atoms with Crippen molar-refractivity contribution < 1.29 is 4.74 Å². The van der Waals surface area contributed by atoms with E-state index in [0.717, 1.165) is 53.1 Å². The number of hydrogen-bond acceptors (Lipinski definition) is 3. The van der Waals surface area contributed by atoms with E-state index in [0.29, 0.717) is 5.65 Å². The number of aromatic amines is 1. The van der Waals surface area contributed by atoms with Gasteiger partial charge in [-0.2, -0.15) is 0 Å². The molecule has 112 valence electrons. The molecule has 0 spiro atoms. The first-order valence-electron chi connectivity index (χ1n) is 7.47. The minimum Gasteiger partial charge on any atom is -0.496 e. The summed E-state index contributed by atoms with van der Waals surface area (Å²) in [6, 6.07) is 7.81. The first kappa shape index (κ1) is 13.1. The summed E-state index contributed by atoms with van der Waals surface area (Å²) in [5.74, 6) is 0.779. The molecule has 0 unspecified atom stereocenters. The average molecular weight is 295 g/mol. The van der Waals surface area contributed by atoms with E-state index in [-0.39, 0.29) is 5.56 Å². The number of fused-ring (bicyclic) bond motifs is 2. The van der Waals surface area contributed by atoms with Gasteiger partial charge in [-0.3, -0.25) is 9.89 Å². The maximum absolute atomic E-state index is 12.6. The topological polar surface area (TPSA) is 59.4 Å². The molecule has 0 bridgehead atoms. The highest BCUT2D eigenvalue weighted by molar-refractivity contribution is 5.83. The van der Waals surface area contributed by atoms with Gasteiger partial charge in [0.25, 0.3) is 5.56 Å². The van der Waals surface area contributed by atoms with Crippen LogP contribution in [0.3, 0.4) is 0 Å². The minimum atomic E-state index is 0.0294. The Morgan fingerprint density at radius 2 is 2.09 bits per heavy atom. The zero-order chi connectivity index (χ0) is 15.3. The molecular formula is C17H17N3O2. The number of ether oxygens (including phenoxy) is 1. The quantitative estimate of drug-likeness (QED) is 0.790. The van der Waals surface area contributed by atoms with Crippen molar-refractivity contribution >= 4 is 5.65 Å². The van der Waals surface area contributed by atoms with Gasteiger partial charge >= 0.3 is 0 Å². The summed E-state index contributed by atoms with van der Waals surface area (Å²) >= 11 is 0. The van der Waals surface area contributed by atoms with Gasteiger partial charge in [0.05, 0.1) is 18.4 Å². The number of para-hydroxylation sites is 1. The molecule has 1 aliphatic carbocycles. The number of nitrogens with zero attached hydrogens (tertiary/aromatic N) is 2. The lowest BCUT2D eigenvalue weighted by Gasteiger charge is -2.08. The smallest absolute Gasteiger partial charge is 0.276 e. The highest BCUT2D eigenvalue weighted by Crippen LogP contribution is 2.34. The molecule has 0 amide bonds. The van der Waals surface area contributed by atoms with E-state index in [1.807, 2.05) is 31.2 Å². The molecule has 0 saturated heterocycles. The van der Waals surface area contributed by atoms with Crippen molar-refractivity contribution in [2.75, 3.05) is 7.11 Å². The Bertz CT molecular complexity index is 937. The van der Waals surface area contributed by atoms with Crippen molar-refractivity contribution in [1.29, 1.82) is 0 Å². The van der Waals surface area contributed by atoms with Gasteiger partial charge < -0.3 is 4.74 Å². The van der Waals surface area contributed by atoms with Gasteiger partial charge in [0.2, 0.25) is 0 Å². The fraction of sp³-hybridized carbons (Fsp3) is 0.294. The van der Waals surface area contributed by atoms with Crippen LogP contribution in [0.2, 0.25) is 0 Å². The SMILES string of the molecule is COc1ccccc1-c1c(C)[nH]n2c(=O)c3c(nc12)CCC3. The average Bonchev–Trinajstić information content (AvgIpc) is 3.12. The number of aryl methyl sites for hydroxylation is 2. The van der Waals surface area contributed by atoms with E-state index in [1.54, 1.807) is 11.6 Å². The number of nitrogens with one attached hydrogen (secondary N) is 1. The van der Waals surface area contributed by atoms with Crippen molar-refractivity contribution in [3.8, 4) is 16.9 Å². The minimum absolute atomic E-state index is 0.0294. The third-order valence-electron chi connectivity index (χ3n) is 4.36. The molecule has 4 rings (SSSR count). The number of methoxy groups -OCH3 is 1. The third kappa shape index (κ3) is 1.71. The zero-order valence-corrected chi connectivity index (χ0v) is 12.6. The van der Waals surface area contributed by atoms with Gasteiger partial charge in [-0.05, 0) is 32.3 Å². The molecule has 3 aromatic rings. The molecule has 0 atom stereocenters. The van der Waals surface area contributed by atoms with Crippen molar-refractivity contribution in [3.63, 3.8) is 0 Å². The maximum Gasteiger partial charge on any atom is 0.276 e. The van der Waals surface area contributed by atoms with Gasteiger partial charge in [-0.25, -0.2) is 9.50 Å². The van der Waals surface area contributed by atoms with E-state index in [4.69, 9.17) is 9.72 Å². The van der Waals surface area contributed by atoms with Gasteiger partial charge in [0, 0.05) is 16.8 Å². The van der Waals surface area contributed by atoms with E-state index >= 15 is 0 Å². The van der Waals surface area contributed by atoms with Crippen molar-refractivity contribution in [1.82, 2.24) is 14.6 Å². The first-order valence-corrected chi connectivity index (χ1v) is 7.47. The van der Waals surface area contributed by atoms with Crippen LogP contribution in [0.15, 0.2) is 29.1 Å². The summed E-state index contributed by atoms with van der Waals surface area (Å²) in [6.45, 7) is 1.96. The molecule has 1 aromatic carbocycles. The lowest BCUT2D eigenvalue weighted by atomic mass is 10.0. The monoisotopic (exact) mass is 295 g/mol. The van der Waals surface area contributed by atoms with Gasteiger partial charge in [-0.15, -0.1) is 0 Å². The first-order chi connectivity index (χ1) is 10.7. The molecule has 22 heavy (non-hydrogen) atoms. The van der Waals surface area contributed by atoms with Crippen LogP contribution in [-0.4, -0.2) is 21.7 Å². The second-order valence-corrected chi connectivity index (χ2v) is 5.67. The molecule has 2 heterocycles. The molecular weight excluding hydrogens is 278 g/mol. The van der Waals surface area contributed by atoms with Gasteiger partial charge in [-0.1, -0.05) is 18.2 Å². The number of rotatable bonds is 2. The maximum atomic E-state index is 12.6. The van der Waals surface area contributed by atoms with E-state index < -0.39 is 0 Å². The van der Waals surface area contributed by atoms with E-state index in [9.17, 15) is 4.79 Å². The Morgan fingerprint density at radius 3 is 2.91 bits per heavy atom. The van der Waals surface area contributed by atoms with Gasteiger partial charge in [0.1, 0.15) is 5.75 Å². The van der Waals surface area contributed by atoms with Crippen molar-refractivity contribution in [2.45, 2.75) is 26.2 Å². The number of aromatic nitrogens is 3. The van der Waals surface area contributed by atoms with Crippen LogP contribution in [0.1, 0.15) is 23.4 Å². The number of hydrogen-bond donors (Lipinski definition) is 1. The predicted molar refractivity (Wildman–Crippen MR) is 84.6 cm³/mol. The summed E-state index contributed by atoms with van der Waals surface area (Å²) in [4.78, 5) is 17.4. The third-order valence-corrected chi connectivity index (χ3v) is 4.36. The van der Waals surface area contributed by atoms with Gasteiger partial charge in [0.15, 0.2) is 5.65 Å². The Hall–Kier alpha value is -2.56. The fourth-order valence-electron chi connectivity index (χ4n) is 3.33. The summed E-state index contributed by atoms with van der Waals surface area (Å²) < 4.78 is 7.04. The Morgan fingerprint density at radius 1 is 1.27 bits per heavy atom. The number of H-pyrrole nitrogens is 1. The second-order valence-electron chi connectivity index (χ2n) is 5.67. The zero-order valence-electron chi connectivity index (χ0n) is 12.6. The van der Waals surface area contributed by atoms with E-state index in [1.165, 1.54) is 0 Å². The van der Waals surface area contributed by atoms with Crippen LogP contribution in [-0.2, 0) is 12.8 Å². The molecule has 0 radical (unpaired) electrons. The number of benzene rings is 1. The standard InChI is InChI=1S/C17H17N3O2/c1-10-15(12-6-3-4-9-14(12)22-2)16-18-13-8-5-7-11(13)17(21)20(16)19-10/h3-4,6,9,19H,5,7-8H2,1-2H3. The molecule has 2 aromatic heterocycles. The van der Waals surface area contributed by atoms with Crippen LogP contribution in [0.25, 0.3) is 16.8 Å². The molecule has 0 saturated carbocycles. The Balaban J connectivity index is 2.09. The Kier molecular flexibility index (Phi) is 2.82. The summed E-state index contributed by atoms with van der Waals surface area (Å²) in [5.41, 5.74) is 5.31. The fourth-order valence-corrected chi connectivity index (χ4v) is 3.33. The molecule has 0 aliphatic heterocycles. The molecule has 5 nitrogen and oxygen atoms in total. The highest BCUT2D eigenvalue weighted by Gasteiger charge is 2.23. The summed E-state index contributed by atoms with van der Waals surface area (Å²) in [6.07, 6.45) is 2.72. The largest absolute Gasteiger partial charge is 0.496 e. The summed E-state index contributed by atoms with van der Waals surface area (Å²) in [7, 11) is 1.65. The lowest BCUT2D eigenvalue weighted by molar-refractivity contribution is 0.416. The Labute approximate surface area is 127 Å². The van der Waals surface area contributed by atoms with Crippen LogP contribution in [0, 0.1) is 6.92 Å². The predicted octanol–water partition coefficient (Wildman–Crippen LogP) is 2.50. The van der Waals surface area contributed by atoms with Crippen LogP contribution in [0.5, 0.6) is 5.75 Å². The van der Waals surface area contributed by atoms with Crippen LogP contribution < -0.4 is 10.3 Å². The normalized spacial score (nSPS) is 13.5. The van der Waals surface area contributed by atoms with Crippen LogP contribution >= 0.6 is 0 Å². The van der Waals surface area contributed by atoms with Crippen molar-refractivity contribution in [3.05, 3.63) is 51.6 Å². The molecule has 1 N–H and O–H groups in total. The lowest BCUT2D eigenvalue weighted by Crippen LogP contribution is -2.20. The second kappa shape index (κ2) is 4.73. The molecule has 1 aliphatic rings. The van der Waals surface area contributed by atoms with E-state index in [2.05, 4.69) is 5.10 Å². The molecule has 5 heteroatoms.